The molecule has 0 saturated carbocycles. The number of hydrogen-bond acceptors (Lipinski definition) is 4. The summed E-state index contributed by atoms with van der Waals surface area (Å²) in [6.45, 7) is 13.0. The summed E-state index contributed by atoms with van der Waals surface area (Å²) in [5, 5.41) is 6.76. The normalized spacial score (nSPS) is 17.4. The third-order valence-corrected chi connectivity index (χ3v) is 6.34. The van der Waals surface area contributed by atoms with Crippen molar-refractivity contribution in [3.8, 4) is 0 Å². The van der Waals surface area contributed by atoms with Gasteiger partial charge in [0, 0.05) is 51.9 Å². The van der Waals surface area contributed by atoms with Crippen LogP contribution in [0.2, 0.25) is 0 Å². The van der Waals surface area contributed by atoms with E-state index in [9.17, 15) is 8.42 Å². The van der Waals surface area contributed by atoms with E-state index in [-0.39, 0.29) is 24.0 Å². The average Bonchev–Trinajstić information content (AvgIpc) is 2.56. The summed E-state index contributed by atoms with van der Waals surface area (Å²) in [5.41, 5.74) is 0. The van der Waals surface area contributed by atoms with Gasteiger partial charge >= 0.3 is 0 Å². The number of aliphatic imine (C=N–C) groups is 1. The van der Waals surface area contributed by atoms with E-state index in [1.165, 1.54) is 6.26 Å². The first-order valence-corrected chi connectivity index (χ1v) is 11.6. The van der Waals surface area contributed by atoms with Crippen molar-refractivity contribution in [2.75, 3.05) is 46.0 Å². The molecule has 0 atom stereocenters. The van der Waals surface area contributed by atoms with E-state index in [4.69, 9.17) is 0 Å². The molecule has 1 heterocycles. The number of guanidine groups is 1. The Labute approximate surface area is 183 Å². The lowest BCUT2D eigenvalue weighted by Gasteiger charge is -2.31. The molecule has 0 radical (unpaired) electrons. The predicted octanol–water partition coefficient (Wildman–Crippen LogP) is 1.95. The molecule has 2 N–H and O–H groups in total. The zero-order chi connectivity index (χ0) is 19.7. The molecular formula is C18H40IN5O2S. The van der Waals surface area contributed by atoms with Crippen molar-refractivity contribution >= 4 is 40.0 Å². The van der Waals surface area contributed by atoms with Crippen molar-refractivity contribution in [2.45, 2.75) is 59.0 Å². The Kier molecular flexibility index (Phi) is 13.1. The molecule has 0 aliphatic carbocycles. The molecule has 0 aromatic heterocycles. The third-order valence-electron chi connectivity index (χ3n) is 5.04. The van der Waals surface area contributed by atoms with E-state index in [2.05, 4.69) is 48.2 Å². The Morgan fingerprint density at radius 2 is 1.70 bits per heavy atom. The minimum atomic E-state index is -3.05. The zero-order valence-electron chi connectivity index (χ0n) is 17.9. The van der Waals surface area contributed by atoms with Gasteiger partial charge in [-0.2, -0.15) is 0 Å². The summed E-state index contributed by atoms with van der Waals surface area (Å²) >= 11 is 0. The van der Waals surface area contributed by atoms with Crippen LogP contribution >= 0.6 is 24.0 Å². The Morgan fingerprint density at radius 3 is 2.15 bits per heavy atom. The summed E-state index contributed by atoms with van der Waals surface area (Å²) in [4.78, 5) is 6.78. The topological polar surface area (TPSA) is 77.0 Å². The van der Waals surface area contributed by atoms with Crippen molar-refractivity contribution in [3.05, 3.63) is 0 Å². The van der Waals surface area contributed by atoms with Gasteiger partial charge in [0.1, 0.15) is 0 Å². The Morgan fingerprint density at radius 1 is 1.15 bits per heavy atom. The van der Waals surface area contributed by atoms with Gasteiger partial charge < -0.3 is 10.6 Å². The molecule has 0 amide bonds. The lowest BCUT2D eigenvalue weighted by Crippen LogP contribution is -2.44. The molecule has 1 aliphatic heterocycles. The quantitative estimate of drug-likeness (QED) is 0.212. The maximum Gasteiger partial charge on any atom is 0.211 e. The molecule has 27 heavy (non-hydrogen) atoms. The van der Waals surface area contributed by atoms with Crippen LogP contribution < -0.4 is 10.6 Å². The lowest BCUT2D eigenvalue weighted by atomic mass is 9.98. The molecular weight excluding hydrogens is 477 g/mol. The maximum atomic E-state index is 11.6. The molecule has 0 unspecified atom stereocenters. The van der Waals surface area contributed by atoms with Crippen molar-refractivity contribution in [1.82, 2.24) is 19.8 Å². The minimum absolute atomic E-state index is 0. The molecule has 1 fully saturated rings. The van der Waals surface area contributed by atoms with Crippen molar-refractivity contribution in [2.24, 2.45) is 10.9 Å². The second-order valence-corrected chi connectivity index (χ2v) is 9.75. The predicted molar refractivity (Wildman–Crippen MR) is 126 cm³/mol. The highest BCUT2D eigenvalue weighted by Crippen LogP contribution is 2.18. The first kappa shape index (κ1) is 26.9. The monoisotopic (exact) mass is 517 g/mol. The number of nitrogens with zero attached hydrogens (tertiary/aromatic N) is 3. The van der Waals surface area contributed by atoms with Crippen LogP contribution in [-0.2, 0) is 10.0 Å². The van der Waals surface area contributed by atoms with Crippen LogP contribution in [0.4, 0.5) is 0 Å². The molecule has 9 heteroatoms. The number of rotatable bonds is 9. The SMILES string of the molecule is CN=C(NCCCN(C(C)C)C(C)C)NCC1CCN(S(C)(=O)=O)CC1.I. The summed E-state index contributed by atoms with van der Waals surface area (Å²) in [7, 11) is -1.26. The number of nitrogens with one attached hydrogen (secondary N) is 2. The highest BCUT2D eigenvalue weighted by atomic mass is 127. The van der Waals surface area contributed by atoms with Crippen LogP contribution in [-0.4, -0.2) is 81.7 Å². The smallest absolute Gasteiger partial charge is 0.211 e. The standard InChI is InChI=1S/C18H39N5O2S.HI/c1-15(2)23(16(3)4)11-7-10-20-18(19-5)21-14-17-8-12-22(13-9-17)26(6,24)25;/h15-17H,7-14H2,1-6H3,(H2,19,20,21);1H. The van der Waals surface area contributed by atoms with Crippen LogP contribution in [0, 0.1) is 5.92 Å². The van der Waals surface area contributed by atoms with E-state index in [1.807, 2.05) is 0 Å². The fourth-order valence-corrected chi connectivity index (χ4v) is 4.36. The molecule has 7 nitrogen and oxygen atoms in total. The molecule has 1 rings (SSSR count). The van der Waals surface area contributed by atoms with E-state index in [0.29, 0.717) is 31.1 Å². The van der Waals surface area contributed by atoms with Crippen LogP contribution in [0.3, 0.4) is 0 Å². The second-order valence-electron chi connectivity index (χ2n) is 7.76. The van der Waals surface area contributed by atoms with Crippen LogP contribution in [0.15, 0.2) is 4.99 Å². The first-order chi connectivity index (χ1) is 12.1. The molecule has 0 bridgehead atoms. The van der Waals surface area contributed by atoms with Gasteiger partial charge in [-0.25, -0.2) is 12.7 Å². The largest absolute Gasteiger partial charge is 0.356 e. The fourth-order valence-electron chi connectivity index (χ4n) is 3.49. The van der Waals surface area contributed by atoms with E-state index >= 15 is 0 Å². The highest BCUT2D eigenvalue weighted by Gasteiger charge is 2.24. The van der Waals surface area contributed by atoms with Gasteiger partial charge in [-0.1, -0.05) is 0 Å². The molecule has 0 spiro atoms. The zero-order valence-corrected chi connectivity index (χ0v) is 21.0. The summed E-state index contributed by atoms with van der Waals surface area (Å²) < 4.78 is 24.7. The van der Waals surface area contributed by atoms with E-state index in [0.717, 1.165) is 44.9 Å². The first-order valence-electron chi connectivity index (χ1n) is 9.80. The molecule has 0 aromatic rings. The maximum absolute atomic E-state index is 11.6. The highest BCUT2D eigenvalue weighted by molar-refractivity contribution is 14.0. The third kappa shape index (κ3) is 10.3. The van der Waals surface area contributed by atoms with Crippen LogP contribution in [0.5, 0.6) is 0 Å². The Balaban J connectivity index is 0.00000676. The molecule has 0 aromatic carbocycles. The molecule has 162 valence electrons. The number of piperidine rings is 1. The number of sulfonamides is 1. The Hall–Kier alpha value is -0.130. The van der Waals surface area contributed by atoms with Crippen molar-refractivity contribution in [3.63, 3.8) is 0 Å². The molecule has 1 aliphatic rings. The van der Waals surface area contributed by atoms with Gasteiger partial charge in [0.25, 0.3) is 0 Å². The van der Waals surface area contributed by atoms with Gasteiger partial charge in [-0.05, 0) is 52.9 Å². The van der Waals surface area contributed by atoms with Gasteiger partial charge in [0.05, 0.1) is 6.26 Å². The Bertz CT molecular complexity index is 524. The second kappa shape index (κ2) is 13.2. The van der Waals surface area contributed by atoms with Gasteiger partial charge in [-0.3, -0.25) is 9.89 Å². The number of halogens is 1. The van der Waals surface area contributed by atoms with Crippen molar-refractivity contribution < 1.29 is 8.42 Å². The molecule has 1 saturated heterocycles. The van der Waals surface area contributed by atoms with Gasteiger partial charge in [0.2, 0.25) is 10.0 Å². The van der Waals surface area contributed by atoms with Crippen LogP contribution in [0.25, 0.3) is 0 Å². The lowest BCUT2D eigenvalue weighted by molar-refractivity contribution is 0.173. The fraction of sp³-hybridized carbons (Fsp3) is 0.944. The van der Waals surface area contributed by atoms with Crippen molar-refractivity contribution in [1.29, 1.82) is 0 Å². The number of hydrogen-bond donors (Lipinski definition) is 2. The van der Waals surface area contributed by atoms with E-state index < -0.39 is 10.0 Å². The summed E-state index contributed by atoms with van der Waals surface area (Å²) in [6, 6.07) is 1.12. The van der Waals surface area contributed by atoms with Gasteiger partial charge in [0.15, 0.2) is 5.96 Å². The minimum Gasteiger partial charge on any atom is -0.356 e. The van der Waals surface area contributed by atoms with Crippen LogP contribution in [0.1, 0.15) is 47.0 Å². The summed E-state index contributed by atoms with van der Waals surface area (Å²) in [6.07, 6.45) is 4.16. The van der Waals surface area contributed by atoms with E-state index in [1.54, 1.807) is 11.4 Å². The van der Waals surface area contributed by atoms with Gasteiger partial charge in [-0.15, -0.1) is 24.0 Å². The summed E-state index contributed by atoms with van der Waals surface area (Å²) in [5.74, 6) is 1.32. The average molecular weight is 518 g/mol.